The van der Waals surface area contributed by atoms with E-state index in [0.29, 0.717) is 19.3 Å². The lowest BCUT2D eigenvalue weighted by atomic mass is 9.99. The van der Waals surface area contributed by atoms with Crippen LogP contribution in [0.4, 0.5) is 0 Å². The van der Waals surface area contributed by atoms with Crippen molar-refractivity contribution in [1.82, 2.24) is 5.32 Å². The van der Waals surface area contributed by atoms with Gasteiger partial charge in [-0.05, 0) is 26.2 Å². The van der Waals surface area contributed by atoms with Crippen LogP contribution in [0.3, 0.4) is 0 Å². The number of hydrogen-bond acceptors (Lipinski definition) is 8. The number of ether oxygens (including phenoxy) is 2. The maximum atomic E-state index is 12.0. The summed E-state index contributed by atoms with van der Waals surface area (Å²) in [6.45, 7) is 3.21. The van der Waals surface area contributed by atoms with Crippen LogP contribution in [0.1, 0.15) is 58.8 Å². The van der Waals surface area contributed by atoms with Crippen molar-refractivity contribution in [2.24, 2.45) is 0 Å². The smallest absolute Gasteiger partial charge is 0.220 e. The third-order valence-electron chi connectivity index (χ3n) is 4.85. The number of aliphatic hydroxyl groups excluding tert-OH is 4. The second-order valence-corrected chi connectivity index (χ2v) is 7.25. The van der Waals surface area contributed by atoms with Gasteiger partial charge in [0, 0.05) is 13.0 Å². The van der Waals surface area contributed by atoms with Gasteiger partial charge in [0.1, 0.15) is 24.4 Å². The minimum Gasteiger partial charge on any atom is -0.394 e. The minimum atomic E-state index is -1.47. The van der Waals surface area contributed by atoms with E-state index < -0.39 is 43.4 Å². The summed E-state index contributed by atoms with van der Waals surface area (Å²) in [6, 6.07) is -0.440. The van der Waals surface area contributed by atoms with Gasteiger partial charge in [-0.3, -0.25) is 9.59 Å². The molecule has 0 aromatic heterocycles. The van der Waals surface area contributed by atoms with Crippen molar-refractivity contribution in [1.29, 1.82) is 0 Å². The molecule has 5 N–H and O–H groups in total. The second-order valence-electron chi connectivity index (χ2n) is 7.25. The average Bonchev–Trinajstić information content (AvgIpc) is 2.66. The van der Waals surface area contributed by atoms with Gasteiger partial charge in [0.2, 0.25) is 5.91 Å². The van der Waals surface area contributed by atoms with Gasteiger partial charge in [0.15, 0.2) is 12.1 Å². The van der Waals surface area contributed by atoms with Crippen molar-refractivity contribution < 1.29 is 39.5 Å². The van der Waals surface area contributed by atoms with Crippen molar-refractivity contribution in [2.75, 3.05) is 13.2 Å². The monoisotopic (exact) mass is 405 g/mol. The molecule has 0 aliphatic carbocycles. The highest BCUT2D eigenvalue weighted by Gasteiger charge is 2.43. The van der Waals surface area contributed by atoms with E-state index in [9.17, 15) is 24.9 Å². The Labute approximate surface area is 166 Å². The molecule has 4 unspecified atom stereocenters. The summed E-state index contributed by atoms with van der Waals surface area (Å²) in [7, 11) is 0. The lowest BCUT2D eigenvalue weighted by molar-refractivity contribution is -0.301. The number of Topliss-reactive ketones (excluding diaryl/α,β-unsaturated/α-hetero) is 1. The van der Waals surface area contributed by atoms with Crippen molar-refractivity contribution in [2.45, 2.75) is 95.5 Å². The standard InChI is InChI=1S/C19H35NO8/c1-3-4-5-8-13(12(2)22)20-15(23)9-6-7-10-27-19-18(26)17(25)16(24)14(11-21)28-19/h13-14,16-19,21,24-26H,3-11H2,1-2H3,(H,20,23)/t13-,14?,16+,17?,18?,19?/m1/s1. The summed E-state index contributed by atoms with van der Waals surface area (Å²) in [4.78, 5) is 23.6. The maximum absolute atomic E-state index is 12.0. The van der Waals surface area contributed by atoms with Crippen molar-refractivity contribution in [3.63, 3.8) is 0 Å². The van der Waals surface area contributed by atoms with Crippen LogP contribution < -0.4 is 5.32 Å². The fourth-order valence-corrected chi connectivity index (χ4v) is 3.03. The fraction of sp³-hybridized carbons (Fsp3) is 0.895. The molecule has 0 bridgehead atoms. The van der Waals surface area contributed by atoms with Crippen LogP contribution in [-0.4, -0.2) is 82.1 Å². The molecule has 0 saturated carbocycles. The maximum Gasteiger partial charge on any atom is 0.220 e. The molecule has 1 fully saturated rings. The van der Waals surface area contributed by atoms with Crippen LogP contribution in [0, 0.1) is 0 Å². The van der Waals surface area contributed by atoms with E-state index in [-0.39, 0.29) is 24.7 Å². The summed E-state index contributed by atoms with van der Waals surface area (Å²) in [5, 5.41) is 41.2. The minimum absolute atomic E-state index is 0.0459. The molecule has 1 heterocycles. The molecule has 9 heteroatoms. The normalized spacial score (nSPS) is 28.7. The number of carbonyl (C=O) groups is 2. The number of rotatable bonds is 13. The van der Waals surface area contributed by atoms with E-state index in [1.54, 1.807) is 0 Å². The number of hydrogen-bond donors (Lipinski definition) is 5. The molecule has 1 aliphatic heterocycles. The molecule has 1 saturated heterocycles. The van der Waals surface area contributed by atoms with Gasteiger partial charge in [0.25, 0.3) is 0 Å². The fourth-order valence-electron chi connectivity index (χ4n) is 3.03. The van der Waals surface area contributed by atoms with Crippen LogP contribution in [0.15, 0.2) is 0 Å². The Kier molecular flexibility index (Phi) is 11.7. The summed E-state index contributed by atoms with van der Waals surface area (Å²) in [6.07, 6.45) is -1.61. The van der Waals surface area contributed by atoms with Crippen molar-refractivity contribution >= 4 is 11.7 Å². The first-order valence-electron chi connectivity index (χ1n) is 10.0. The van der Waals surface area contributed by atoms with Crippen molar-refractivity contribution in [3.05, 3.63) is 0 Å². The third-order valence-corrected chi connectivity index (χ3v) is 4.85. The van der Waals surface area contributed by atoms with Gasteiger partial charge in [-0.1, -0.05) is 26.2 Å². The second kappa shape index (κ2) is 13.2. The van der Waals surface area contributed by atoms with Crippen LogP contribution in [-0.2, 0) is 19.1 Å². The lowest BCUT2D eigenvalue weighted by Gasteiger charge is -2.39. The number of carbonyl (C=O) groups excluding carboxylic acids is 2. The first-order valence-corrected chi connectivity index (χ1v) is 10.0. The van der Waals surface area contributed by atoms with Gasteiger partial charge in [-0.2, -0.15) is 0 Å². The quantitative estimate of drug-likeness (QED) is 0.261. The molecular formula is C19H35NO8. The van der Waals surface area contributed by atoms with Crippen LogP contribution in [0.25, 0.3) is 0 Å². The number of unbranched alkanes of at least 4 members (excludes halogenated alkanes) is 3. The zero-order valence-corrected chi connectivity index (χ0v) is 16.7. The Hall–Kier alpha value is -1.10. The molecule has 0 spiro atoms. The van der Waals surface area contributed by atoms with Gasteiger partial charge in [0.05, 0.1) is 12.6 Å². The Morgan fingerprint density at radius 3 is 2.39 bits per heavy atom. The zero-order chi connectivity index (χ0) is 21.1. The zero-order valence-electron chi connectivity index (χ0n) is 16.7. The van der Waals surface area contributed by atoms with Gasteiger partial charge >= 0.3 is 0 Å². The highest BCUT2D eigenvalue weighted by Crippen LogP contribution is 2.22. The number of amides is 1. The Bertz CT molecular complexity index is 473. The van der Waals surface area contributed by atoms with E-state index in [2.05, 4.69) is 12.2 Å². The molecule has 1 aliphatic rings. The summed E-state index contributed by atoms with van der Waals surface area (Å²) < 4.78 is 10.6. The van der Waals surface area contributed by atoms with E-state index in [1.165, 1.54) is 6.92 Å². The SMILES string of the molecule is CCCCC[C@@H](NC(=O)CCCCOC1OC(CO)[C@H](O)C(O)C1O)C(C)=O. The Balaban J connectivity index is 2.27. The van der Waals surface area contributed by atoms with E-state index in [0.717, 1.165) is 19.3 Å². The van der Waals surface area contributed by atoms with E-state index >= 15 is 0 Å². The molecule has 0 aromatic carbocycles. The lowest BCUT2D eigenvalue weighted by Crippen LogP contribution is -2.59. The largest absolute Gasteiger partial charge is 0.394 e. The van der Waals surface area contributed by atoms with Gasteiger partial charge < -0.3 is 35.2 Å². The highest BCUT2D eigenvalue weighted by molar-refractivity contribution is 5.87. The van der Waals surface area contributed by atoms with Gasteiger partial charge in [-0.25, -0.2) is 0 Å². The van der Waals surface area contributed by atoms with Crippen LogP contribution in [0.2, 0.25) is 0 Å². The summed E-state index contributed by atoms with van der Waals surface area (Å²) in [5.41, 5.74) is 0. The molecule has 1 amide bonds. The Morgan fingerprint density at radius 2 is 1.79 bits per heavy atom. The topological polar surface area (TPSA) is 146 Å². The molecule has 0 radical (unpaired) electrons. The molecule has 0 aromatic rings. The molecule has 1 rings (SSSR count). The van der Waals surface area contributed by atoms with Crippen LogP contribution in [0.5, 0.6) is 0 Å². The first-order chi connectivity index (χ1) is 13.3. The molecule has 9 nitrogen and oxygen atoms in total. The Morgan fingerprint density at radius 1 is 1.07 bits per heavy atom. The number of nitrogens with one attached hydrogen (secondary N) is 1. The summed E-state index contributed by atoms with van der Waals surface area (Å²) in [5.74, 6) is -0.236. The van der Waals surface area contributed by atoms with Gasteiger partial charge in [-0.15, -0.1) is 0 Å². The van der Waals surface area contributed by atoms with Crippen molar-refractivity contribution in [3.8, 4) is 0 Å². The average molecular weight is 405 g/mol. The van der Waals surface area contributed by atoms with E-state index in [4.69, 9.17) is 14.6 Å². The third kappa shape index (κ3) is 8.10. The molecule has 6 atom stereocenters. The summed E-state index contributed by atoms with van der Waals surface area (Å²) >= 11 is 0. The molecular weight excluding hydrogens is 370 g/mol. The van der Waals surface area contributed by atoms with E-state index in [1.807, 2.05) is 0 Å². The number of aliphatic hydroxyl groups is 4. The predicted octanol–water partition coefficient (Wildman–Crippen LogP) is -0.373. The highest BCUT2D eigenvalue weighted by atomic mass is 16.7. The molecule has 164 valence electrons. The van der Waals surface area contributed by atoms with Crippen LogP contribution >= 0.6 is 0 Å². The molecule has 28 heavy (non-hydrogen) atoms. The number of ketones is 1. The first kappa shape index (κ1) is 24.9. The predicted molar refractivity (Wildman–Crippen MR) is 100 cm³/mol.